The van der Waals surface area contributed by atoms with Crippen LogP contribution in [0.1, 0.15) is 43.0 Å². The Hall–Kier alpha value is -1.64. The molecule has 1 fully saturated rings. The number of carbonyl (C=O) groups excluding carboxylic acids is 1. The molecule has 0 bridgehead atoms. The molecule has 27 heavy (non-hydrogen) atoms. The van der Waals surface area contributed by atoms with Gasteiger partial charge in [-0.25, -0.2) is 12.7 Å². The second-order valence-corrected chi connectivity index (χ2v) is 9.03. The van der Waals surface area contributed by atoms with Crippen LogP contribution in [0.3, 0.4) is 0 Å². The average Bonchev–Trinajstić information content (AvgIpc) is 2.67. The molecule has 7 nitrogen and oxygen atoms in total. The number of carbonyl (C=O) groups is 1. The molecule has 1 amide bonds. The lowest BCUT2D eigenvalue weighted by atomic mass is 10.1. The van der Waals surface area contributed by atoms with E-state index in [9.17, 15) is 13.2 Å². The first-order chi connectivity index (χ1) is 12.9. The van der Waals surface area contributed by atoms with E-state index < -0.39 is 10.0 Å². The molecule has 1 N–H and O–H groups in total. The largest absolute Gasteiger partial charge is 0.378 e. The van der Waals surface area contributed by atoms with Crippen LogP contribution in [0.15, 0.2) is 23.1 Å². The van der Waals surface area contributed by atoms with Crippen molar-refractivity contribution >= 4 is 21.6 Å². The third kappa shape index (κ3) is 5.67. The Bertz CT molecular complexity index is 728. The van der Waals surface area contributed by atoms with Crippen molar-refractivity contribution in [2.24, 2.45) is 0 Å². The number of hydrogen-bond donors (Lipinski definition) is 1. The highest BCUT2D eigenvalue weighted by atomic mass is 32.2. The van der Waals surface area contributed by atoms with Crippen LogP contribution in [0.2, 0.25) is 0 Å². The van der Waals surface area contributed by atoms with Crippen molar-refractivity contribution in [1.82, 2.24) is 9.62 Å². The van der Waals surface area contributed by atoms with E-state index in [4.69, 9.17) is 4.74 Å². The molecule has 0 aliphatic carbocycles. The Morgan fingerprint density at radius 3 is 2.52 bits per heavy atom. The Labute approximate surface area is 162 Å². The van der Waals surface area contributed by atoms with Crippen molar-refractivity contribution < 1.29 is 17.9 Å². The molecular formula is C19H31N3O4S. The summed E-state index contributed by atoms with van der Waals surface area (Å²) in [6, 6.07) is 4.79. The van der Waals surface area contributed by atoms with Crippen LogP contribution in [-0.2, 0) is 14.8 Å². The van der Waals surface area contributed by atoms with Gasteiger partial charge in [0.25, 0.3) is 5.91 Å². The normalized spacial score (nSPS) is 15.2. The molecule has 0 unspecified atom stereocenters. The number of sulfonamides is 1. The van der Waals surface area contributed by atoms with Gasteiger partial charge in [0.05, 0.1) is 23.7 Å². The van der Waals surface area contributed by atoms with Gasteiger partial charge in [0.2, 0.25) is 10.0 Å². The monoisotopic (exact) mass is 397 g/mol. The van der Waals surface area contributed by atoms with Gasteiger partial charge in [0.15, 0.2) is 0 Å². The van der Waals surface area contributed by atoms with E-state index >= 15 is 0 Å². The second kappa shape index (κ2) is 10.1. The summed E-state index contributed by atoms with van der Waals surface area (Å²) in [6.07, 6.45) is 4.27. The molecule has 8 heteroatoms. The number of morpholine rings is 1. The topological polar surface area (TPSA) is 79.0 Å². The maximum atomic E-state index is 12.8. The predicted molar refractivity (Wildman–Crippen MR) is 107 cm³/mol. The van der Waals surface area contributed by atoms with Gasteiger partial charge in [0, 0.05) is 39.4 Å². The smallest absolute Gasteiger partial charge is 0.253 e. The summed E-state index contributed by atoms with van der Waals surface area (Å²) in [4.78, 5) is 15.0. The SMILES string of the molecule is CCCCCCNC(=O)c1cc(S(=O)(=O)N(C)C)ccc1N1CCOCC1. The molecule has 1 aliphatic rings. The number of rotatable bonds is 9. The molecular weight excluding hydrogens is 366 g/mol. The van der Waals surface area contributed by atoms with Gasteiger partial charge in [0.1, 0.15) is 0 Å². The van der Waals surface area contributed by atoms with E-state index in [1.165, 1.54) is 20.2 Å². The quantitative estimate of drug-likeness (QED) is 0.646. The molecule has 0 saturated carbocycles. The molecule has 1 heterocycles. The van der Waals surface area contributed by atoms with Crippen LogP contribution < -0.4 is 10.2 Å². The first kappa shape index (κ1) is 21.7. The third-order valence-electron chi connectivity index (χ3n) is 4.66. The number of ether oxygens (including phenoxy) is 1. The zero-order chi connectivity index (χ0) is 19.9. The van der Waals surface area contributed by atoms with Crippen LogP contribution >= 0.6 is 0 Å². The molecule has 0 radical (unpaired) electrons. The molecule has 2 rings (SSSR count). The summed E-state index contributed by atoms with van der Waals surface area (Å²) in [6.45, 7) is 5.27. The maximum Gasteiger partial charge on any atom is 0.253 e. The lowest BCUT2D eigenvalue weighted by molar-refractivity contribution is 0.0951. The summed E-state index contributed by atoms with van der Waals surface area (Å²) >= 11 is 0. The first-order valence-corrected chi connectivity index (χ1v) is 11.0. The van der Waals surface area contributed by atoms with Crippen molar-refractivity contribution in [3.8, 4) is 0 Å². The van der Waals surface area contributed by atoms with Gasteiger partial charge in [-0.15, -0.1) is 0 Å². The number of hydrogen-bond acceptors (Lipinski definition) is 5. The zero-order valence-electron chi connectivity index (χ0n) is 16.5. The minimum absolute atomic E-state index is 0.126. The fourth-order valence-corrected chi connectivity index (χ4v) is 3.93. The van der Waals surface area contributed by atoms with Gasteiger partial charge < -0.3 is 15.0 Å². The molecule has 0 atom stereocenters. The minimum Gasteiger partial charge on any atom is -0.378 e. The average molecular weight is 398 g/mol. The Morgan fingerprint density at radius 1 is 1.19 bits per heavy atom. The molecule has 0 aromatic heterocycles. The van der Waals surface area contributed by atoms with Crippen molar-refractivity contribution in [1.29, 1.82) is 0 Å². The summed E-state index contributed by atoms with van der Waals surface area (Å²) in [7, 11) is -0.633. The molecule has 1 saturated heterocycles. The number of anilines is 1. The predicted octanol–water partition coefficient (Wildman–Crippen LogP) is 2.08. The molecule has 1 aromatic rings. The highest BCUT2D eigenvalue weighted by Gasteiger charge is 2.24. The highest BCUT2D eigenvalue weighted by molar-refractivity contribution is 7.89. The van der Waals surface area contributed by atoms with E-state index in [-0.39, 0.29) is 10.8 Å². The van der Waals surface area contributed by atoms with E-state index in [1.54, 1.807) is 12.1 Å². The summed E-state index contributed by atoms with van der Waals surface area (Å²) in [5.74, 6) is -0.233. The standard InChI is InChI=1S/C19H31N3O4S/c1-4-5-6-7-10-20-19(23)17-15-16(27(24,25)21(2)3)8-9-18(17)22-11-13-26-14-12-22/h8-9,15H,4-7,10-14H2,1-3H3,(H,20,23). The lowest BCUT2D eigenvalue weighted by Gasteiger charge is -2.30. The van der Waals surface area contributed by atoms with E-state index in [2.05, 4.69) is 17.1 Å². The fourth-order valence-electron chi connectivity index (χ4n) is 3.00. The Balaban J connectivity index is 2.27. The van der Waals surface area contributed by atoms with Gasteiger partial charge in [-0.3, -0.25) is 4.79 Å². The van der Waals surface area contributed by atoms with Crippen molar-refractivity contribution in [2.45, 2.75) is 37.5 Å². The summed E-state index contributed by atoms with van der Waals surface area (Å²) in [5, 5.41) is 2.94. The van der Waals surface area contributed by atoms with Gasteiger partial charge in [-0.05, 0) is 24.6 Å². The number of amides is 1. The van der Waals surface area contributed by atoms with E-state index in [0.717, 1.165) is 35.7 Å². The molecule has 1 aliphatic heterocycles. The van der Waals surface area contributed by atoms with Crippen LogP contribution in [0.5, 0.6) is 0 Å². The zero-order valence-corrected chi connectivity index (χ0v) is 17.3. The molecule has 152 valence electrons. The Morgan fingerprint density at radius 2 is 1.89 bits per heavy atom. The third-order valence-corrected chi connectivity index (χ3v) is 6.47. The second-order valence-electron chi connectivity index (χ2n) is 6.88. The van der Waals surface area contributed by atoms with Gasteiger partial charge in [-0.2, -0.15) is 0 Å². The molecule has 0 spiro atoms. The summed E-state index contributed by atoms with van der Waals surface area (Å²) < 4.78 is 31.5. The van der Waals surface area contributed by atoms with Crippen molar-refractivity contribution in [3.63, 3.8) is 0 Å². The lowest BCUT2D eigenvalue weighted by Crippen LogP contribution is -2.38. The maximum absolute atomic E-state index is 12.8. The number of nitrogens with one attached hydrogen (secondary N) is 1. The molecule has 1 aromatic carbocycles. The van der Waals surface area contributed by atoms with Crippen LogP contribution in [-0.4, -0.2) is 65.6 Å². The van der Waals surface area contributed by atoms with Crippen molar-refractivity contribution in [2.75, 3.05) is 51.8 Å². The van der Waals surface area contributed by atoms with E-state index in [0.29, 0.717) is 38.4 Å². The first-order valence-electron chi connectivity index (χ1n) is 9.55. The van der Waals surface area contributed by atoms with Gasteiger partial charge >= 0.3 is 0 Å². The highest BCUT2D eigenvalue weighted by Crippen LogP contribution is 2.26. The number of nitrogens with zero attached hydrogens (tertiary/aromatic N) is 2. The minimum atomic E-state index is -3.60. The Kier molecular flexibility index (Phi) is 8.07. The van der Waals surface area contributed by atoms with Crippen molar-refractivity contribution in [3.05, 3.63) is 23.8 Å². The number of benzene rings is 1. The van der Waals surface area contributed by atoms with Gasteiger partial charge in [-0.1, -0.05) is 26.2 Å². The van der Waals surface area contributed by atoms with Crippen LogP contribution in [0, 0.1) is 0 Å². The summed E-state index contributed by atoms with van der Waals surface area (Å²) in [5.41, 5.74) is 1.15. The van der Waals surface area contributed by atoms with Crippen LogP contribution in [0.4, 0.5) is 5.69 Å². The van der Waals surface area contributed by atoms with E-state index in [1.807, 2.05) is 0 Å². The number of unbranched alkanes of at least 4 members (excludes halogenated alkanes) is 3. The van der Waals surface area contributed by atoms with Crippen LogP contribution in [0.25, 0.3) is 0 Å². The fraction of sp³-hybridized carbons (Fsp3) is 0.632.